The van der Waals surface area contributed by atoms with Crippen molar-refractivity contribution in [3.63, 3.8) is 0 Å². The molecule has 1 N–H and O–H groups in total. The van der Waals surface area contributed by atoms with Gasteiger partial charge in [0.25, 0.3) is 0 Å². The standard InChI is InChI=1S/C14H14N2O5/c17-12(16-3-4-21-14(16)20)8-15-6-10-2-1-9(13(18)19)5-11(10)7-15/h1-2,5H,3-4,6-8H2,(H,18,19). The SMILES string of the molecule is O=C(O)c1ccc2c(c1)CN(CC(=O)N1CCOC1=O)C2. The average molecular weight is 290 g/mol. The molecule has 0 saturated carbocycles. The van der Waals surface area contributed by atoms with Gasteiger partial charge in [-0.1, -0.05) is 6.07 Å². The smallest absolute Gasteiger partial charge is 0.416 e. The molecule has 0 bridgehead atoms. The molecule has 1 aromatic carbocycles. The zero-order valence-electron chi connectivity index (χ0n) is 11.2. The molecule has 1 saturated heterocycles. The van der Waals surface area contributed by atoms with Gasteiger partial charge in [0.15, 0.2) is 0 Å². The Kier molecular flexibility index (Phi) is 3.34. The van der Waals surface area contributed by atoms with Gasteiger partial charge in [0.05, 0.1) is 18.7 Å². The van der Waals surface area contributed by atoms with E-state index in [4.69, 9.17) is 9.84 Å². The minimum Gasteiger partial charge on any atom is -0.478 e. The third kappa shape index (κ3) is 2.59. The van der Waals surface area contributed by atoms with E-state index in [0.717, 1.165) is 16.0 Å². The van der Waals surface area contributed by atoms with Crippen LogP contribution in [-0.2, 0) is 22.6 Å². The number of carbonyl (C=O) groups excluding carboxylic acids is 2. The van der Waals surface area contributed by atoms with Gasteiger partial charge in [-0.05, 0) is 23.3 Å². The Labute approximate surface area is 120 Å². The predicted molar refractivity (Wildman–Crippen MR) is 70.6 cm³/mol. The number of rotatable bonds is 3. The first-order valence-electron chi connectivity index (χ1n) is 6.59. The maximum Gasteiger partial charge on any atom is 0.416 e. The number of benzene rings is 1. The number of ether oxygens (including phenoxy) is 1. The number of imide groups is 1. The van der Waals surface area contributed by atoms with Crippen LogP contribution < -0.4 is 0 Å². The number of carbonyl (C=O) groups is 3. The highest BCUT2D eigenvalue weighted by Crippen LogP contribution is 2.24. The molecule has 21 heavy (non-hydrogen) atoms. The molecule has 7 nitrogen and oxygen atoms in total. The predicted octanol–water partition coefficient (Wildman–Crippen LogP) is 0.679. The number of nitrogens with zero attached hydrogens (tertiary/aromatic N) is 2. The van der Waals surface area contributed by atoms with Gasteiger partial charge >= 0.3 is 12.1 Å². The Bertz CT molecular complexity index is 628. The third-order valence-electron chi connectivity index (χ3n) is 3.66. The van der Waals surface area contributed by atoms with E-state index in [1.165, 1.54) is 0 Å². The quantitative estimate of drug-likeness (QED) is 0.881. The van der Waals surface area contributed by atoms with Gasteiger partial charge in [-0.15, -0.1) is 0 Å². The lowest BCUT2D eigenvalue weighted by molar-refractivity contribution is -0.129. The molecule has 2 amide bonds. The van der Waals surface area contributed by atoms with E-state index in [1.54, 1.807) is 18.2 Å². The molecule has 0 aromatic heterocycles. The zero-order valence-corrected chi connectivity index (χ0v) is 11.2. The van der Waals surface area contributed by atoms with Gasteiger partial charge < -0.3 is 9.84 Å². The molecule has 0 atom stereocenters. The van der Waals surface area contributed by atoms with Crippen LogP contribution >= 0.6 is 0 Å². The third-order valence-corrected chi connectivity index (χ3v) is 3.66. The van der Waals surface area contributed by atoms with E-state index in [1.807, 2.05) is 4.90 Å². The molecule has 2 aliphatic heterocycles. The summed E-state index contributed by atoms with van der Waals surface area (Å²) in [6, 6.07) is 4.96. The van der Waals surface area contributed by atoms with Crippen molar-refractivity contribution >= 4 is 18.0 Å². The Morgan fingerprint density at radius 3 is 2.67 bits per heavy atom. The molecule has 3 rings (SSSR count). The lowest BCUT2D eigenvalue weighted by atomic mass is 10.1. The first kappa shape index (κ1) is 13.6. The Balaban J connectivity index is 1.66. The fourth-order valence-corrected chi connectivity index (χ4v) is 2.61. The Hall–Kier alpha value is -2.41. The van der Waals surface area contributed by atoms with Crippen molar-refractivity contribution in [2.24, 2.45) is 0 Å². The summed E-state index contributed by atoms with van der Waals surface area (Å²) >= 11 is 0. The van der Waals surface area contributed by atoms with Crippen LogP contribution in [-0.4, -0.2) is 52.6 Å². The van der Waals surface area contributed by atoms with Crippen molar-refractivity contribution in [3.05, 3.63) is 34.9 Å². The molecular formula is C14H14N2O5. The van der Waals surface area contributed by atoms with Crippen LogP contribution in [0.25, 0.3) is 0 Å². The number of amides is 2. The average Bonchev–Trinajstić information content (AvgIpc) is 3.02. The molecule has 1 aromatic rings. The van der Waals surface area contributed by atoms with Gasteiger partial charge in [-0.2, -0.15) is 0 Å². The number of carboxylic acids is 1. The minimum atomic E-state index is -0.966. The minimum absolute atomic E-state index is 0.117. The first-order valence-corrected chi connectivity index (χ1v) is 6.59. The summed E-state index contributed by atoms with van der Waals surface area (Å²) in [5, 5.41) is 8.97. The summed E-state index contributed by atoms with van der Waals surface area (Å²) < 4.78 is 4.74. The Morgan fingerprint density at radius 1 is 1.24 bits per heavy atom. The Morgan fingerprint density at radius 2 is 2.00 bits per heavy atom. The molecule has 0 unspecified atom stereocenters. The molecule has 0 radical (unpaired) electrons. The summed E-state index contributed by atoms with van der Waals surface area (Å²) in [6.45, 7) is 1.73. The van der Waals surface area contributed by atoms with Crippen LogP contribution in [0, 0.1) is 0 Å². The maximum absolute atomic E-state index is 12.0. The monoisotopic (exact) mass is 290 g/mol. The second-order valence-corrected chi connectivity index (χ2v) is 5.09. The van der Waals surface area contributed by atoms with Crippen molar-refractivity contribution < 1.29 is 24.2 Å². The summed E-state index contributed by atoms with van der Waals surface area (Å²) in [7, 11) is 0. The highest BCUT2D eigenvalue weighted by atomic mass is 16.6. The number of hydrogen-bond acceptors (Lipinski definition) is 5. The van der Waals surface area contributed by atoms with E-state index in [9.17, 15) is 14.4 Å². The van der Waals surface area contributed by atoms with Crippen molar-refractivity contribution in [1.29, 1.82) is 0 Å². The van der Waals surface area contributed by atoms with E-state index < -0.39 is 12.1 Å². The molecule has 2 aliphatic rings. The first-order chi connectivity index (χ1) is 10.0. The van der Waals surface area contributed by atoms with E-state index in [0.29, 0.717) is 19.6 Å². The zero-order chi connectivity index (χ0) is 15.0. The highest BCUT2D eigenvalue weighted by molar-refractivity contribution is 5.94. The highest BCUT2D eigenvalue weighted by Gasteiger charge is 2.31. The van der Waals surface area contributed by atoms with Crippen LogP contribution in [0.5, 0.6) is 0 Å². The number of hydrogen-bond donors (Lipinski definition) is 1. The number of aromatic carboxylic acids is 1. The van der Waals surface area contributed by atoms with Gasteiger partial charge in [0.1, 0.15) is 6.61 Å². The van der Waals surface area contributed by atoms with E-state index in [-0.39, 0.29) is 24.6 Å². The van der Waals surface area contributed by atoms with Crippen LogP contribution in [0.3, 0.4) is 0 Å². The fraction of sp³-hybridized carbons (Fsp3) is 0.357. The molecule has 2 heterocycles. The van der Waals surface area contributed by atoms with Gasteiger partial charge in [-0.3, -0.25) is 9.69 Å². The topological polar surface area (TPSA) is 87.2 Å². The summed E-state index contributed by atoms with van der Waals surface area (Å²) in [6.07, 6.45) is -0.593. The summed E-state index contributed by atoms with van der Waals surface area (Å²) in [4.78, 5) is 37.3. The lowest BCUT2D eigenvalue weighted by Gasteiger charge is -2.17. The number of fused-ring (bicyclic) bond motifs is 1. The summed E-state index contributed by atoms with van der Waals surface area (Å²) in [5.41, 5.74) is 2.16. The maximum atomic E-state index is 12.0. The van der Waals surface area contributed by atoms with Crippen molar-refractivity contribution in [3.8, 4) is 0 Å². The van der Waals surface area contributed by atoms with Crippen LogP contribution in [0.1, 0.15) is 21.5 Å². The number of cyclic esters (lactones) is 1. The van der Waals surface area contributed by atoms with Gasteiger partial charge in [0.2, 0.25) is 5.91 Å². The van der Waals surface area contributed by atoms with Crippen LogP contribution in [0.15, 0.2) is 18.2 Å². The second kappa shape index (κ2) is 5.17. The van der Waals surface area contributed by atoms with Crippen molar-refractivity contribution in [2.45, 2.75) is 13.1 Å². The number of carboxylic acid groups (broad SMARTS) is 1. The van der Waals surface area contributed by atoms with Crippen LogP contribution in [0.4, 0.5) is 4.79 Å². The molecule has 0 aliphatic carbocycles. The van der Waals surface area contributed by atoms with E-state index >= 15 is 0 Å². The largest absolute Gasteiger partial charge is 0.478 e. The molecule has 110 valence electrons. The van der Waals surface area contributed by atoms with Gasteiger partial charge in [-0.25, -0.2) is 14.5 Å². The lowest BCUT2D eigenvalue weighted by Crippen LogP contribution is -2.39. The normalized spacial score (nSPS) is 17.7. The second-order valence-electron chi connectivity index (χ2n) is 5.09. The molecule has 1 fully saturated rings. The fourth-order valence-electron chi connectivity index (χ4n) is 2.61. The molecule has 7 heteroatoms. The molecule has 0 spiro atoms. The van der Waals surface area contributed by atoms with Crippen LogP contribution in [0.2, 0.25) is 0 Å². The molecular weight excluding hydrogens is 276 g/mol. The van der Waals surface area contributed by atoms with Crippen molar-refractivity contribution in [1.82, 2.24) is 9.80 Å². The van der Waals surface area contributed by atoms with Crippen molar-refractivity contribution in [2.75, 3.05) is 19.7 Å². The van der Waals surface area contributed by atoms with Gasteiger partial charge in [0, 0.05) is 13.1 Å². The van der Waals surface area contributed by atoms with E-state index in [2.05, 4.69) is 0 Å². The summed E-state index contributed by atoms with van der Waals surface area (Å²) in [5.74, 6) is -1.25.